The molecule has 0 atom stereocenters. The number of ether oxygens (including phenoxy) is 2. The topological polar surface area (TPSA) is 83.1 Å². The molecule has 0 bridgehead atoms. The van der Waals surface area contributed by atoms with Crippen LogP contribution in [0.4, 0.5) is 11.4 Å². The molecule has 0 spiro atoms. The van der Waals surface area contributed by atoms with Crippen molar-refractivity contribution >= 4 is 23.2 Å². The fourth-order valence-electron chi connectivity index (χ4n) is 3.47. The van der Waals surface area contributed by atoms with E-state index >= 15 is 0 Å². The van der Waals surface area contributed by atoms with Crippen molar-refractivity contribution in [2.45, 2.75) is 6.42 Å². The first-order valence-corrected chi connectivity index (χ1v) is 10.9. The Kier molecular flexibility index (Phi) is 8.89. The van der Waals surface area contributed by atoms with Crippen LogP contribution in [0.15, 0.2) is 48.5 Å². The number of amides is 2. The monoisotopic (exact) mass is 440 g/mol. The van der Waals surface area contributed by atoms with Gasteiger partial charge in [-0.1, -0.05) is 18.2 Å². The molecule has 172 valence electrons. The first kappa shape index (κ1) is 23.6. The highest BCUT2D eigenvalue weighted by molar-refractivity contribution is 6.02. The maximum Gasteiger partial charge on any atom is 0.262 e. The van der Waals surface area contributed by atoms with Gasteiger partial charge in [0.2, 0.25) is 0 Å². The summed E-state index contributed by atoms with van der Waals surface area (Å²) < 4.78 is 10.8. The Bertz CT molecular complexity index is 883. The SMILES string of the molecule is CN(C)c1ccc(NC(=O)COc2ccccc2)cc1C(=O)NCCCN1CCOCC1. The van der Waals surface area contributed by atoms with Gasteiger partial charge >= 0.3 is 0 Å². The zero-order valence-electron chi connectivity index (χ0n) is 18.8. The lowest BCUT2D eigenvalue weighted by Gasteiger charge is -2.26. The highest BCUT2D eigenvalue weighted by atomic mass is 16.5. The van der Waals surface area contributed by atoms with Crippen molar-refractivity contribution in [2.75, 3.05) is 70.3 Å². The van der Waals surface area contributed by atoms with Crippen LogP contribution in [-0.2, 0) is 9.53 Å². The molecule has 2 amide bonds. The number of benzene rings is 2. The number of nitrogens with zero attached hydrogens (tertiary/aromatic N) is 2. The number of morpholine rings is 1. The molecule has 0 unspecified atom stereocenters. The molecule has 1 saturated heterocycles. The molecule has 8 nitrogen and oxygen atoms in total. The molecule has 2 N–H and O–H groups in total. The number of carbonyl (C=O) groups is 2. The summed E-state index contributed by atoms with van der Waals surface area (Å²) >= 11 is 0. The first-order chi connectivity index (χ1) is 15.5. The zero-order chi connectivity index (χ0) is 22.8. The smallest absolute Gasteiger partial charge is 0.262 e. The summed E-state index contributed by atoms with van der Waals surface area (Å²) in [6.07, 6.45) is 0.871. The molecule has 0 aromatic heterocycles. The van der Waals surface area contributed by atoms with E-state index in [9.17, 15) is 9.59 Å². The van der Waals surface area contributed by atoms with Crippen LogP contribution in [0.5, 0.6) is 5.75 Å². The maximum absolute atomic E-state index is 12.9. The molecule has 32 heavy (non-hydrogen) atoms. The van der Waals surface area contributed by atoms with Gasteiger partial charge in [0.05, 0.1) is 18.8 Å². The van der Waals surface area contributed by atoms with E-state index in [1.807, 2.05) is 43.3 Å². The largest absolute Gasteiger partial charge is 0.484 e. The van der Waals surface area contributed by atoms with Gasteiger partial charge in [-0.15, -0.1) is 0 Å². The summed E-state index contributed by atoms with van der Waals surface area (Å²) in [7, 11) is 3.77. The van der Waals surface area contributed by atoms with Crippen molar-refractivity contribution in [1.82, 2.24) is 10.2 Å². The summed E-state index contributed by atoms with van der Waals surface area (Å²) in [6, 6.07) is 14.5. The molecule has 2 aromatic carbocycles. The minimum Gasteiger partial charge on any atom is -0.484 e. The molecule has 1 aliphatic rings. The Morgan fingerprint density at radius 2 is 1.84 bits per heavy atom. The van der Waals surface area contributed by atoms with Gasteiger partial charge < -0.3 is 25.0 Å². The van der Waals surface area contributed by atoms with Crippen LogP contribution in [0, 0.1) is 0 Å². The van der Waals surface area contributed by atoms with Crippen molar-refractivity contribution in [3.05, 3.63) is 54.1 Å². The van der Waals surface area contributed by atoms with E-state index in [2.05, 4.69) is 15.5 Å². The summed E-state index contributed by atoms with van der Waals surface area (Å²) in [6.45, 7) is 4.83. The third-order valence-electron chi connectivity index (χ3n) is 5.16. The number of nitrogens with one attached hydrogen (secondary N) is 2. The summed E-state index contributed by atoms with van der Waals surface area (Å²) in [5.41, 5.74) is 1.85. The standard InChI is InChI=1S/C24H32N4O4/c1-27(2)22-10-9-19(26-23(29)18-32-20-7-4-3-5-8-20)17-21(22)24(30)25-11-6-12-28-13-15-31-16-14-28/h3-5,7-10,17H,6,11-16,18H2,1-2H3,(H,25,30)(H,26,29). The fraction of sp³-hybridized carbons (Fsp3) is 0.417. The molecule has 0 aliphatic carbocycles. The zero-order valence-corrected chi connectivity index (χ0v) is 18.8. The number of hydrogen-bond acceptors (Lipinski definition) is 6. The summed E-state index contributed by atoms with van der Waals surface area (Å²) in [5, 5.41) is 5.80. The minimum absolute atomic E-state index is 0.109. The Hall–Kier alpha value is -3.10. The molecule has 1 heterocycles. The molecule has 0 saturated carbocycles. The number of anilines is 2. The molecule has 8 heteroatoms. The van der Waals surface area contributed by atoms with Gasteiger partial charge in [-0.25, -0.2) is 0 Å². The molecular formula is C24H32N4O4. The van der Waals surface area contributed by atoms with Gasteiger partial charge in [-0.2, -0.15) is 0 Å². The average molecular weight is 441 g/mol. The van der Waals surface area contributed by atoms with Gasteiger partial charge in [0, 0.05) is 45.1 Å². The van der Waals surface area contributed by atoms with Crippen LogP contribution in [0.2, 0.25) is 0 Å². The van der Waals surface area contributed by atoms with Crippen molar-refractivity contribution in [3.8, 4) is 5.75 Å². The Morgan fingerprint density at radius 3 is 2.56 bits per heavy atom. The van der Waals surface area contributed by atoms with E-state index in [-0.39, 0.29) is 18.4 Å². The Balaban J connectivity index is 1.54. The van der Waals surface area contributed by atoms with E-state index in [1.54, 1.807) is 24.3 Å². The lowest BCUT2D eigenvalue weighted by atomic mass is 10.1. The second kappa shape index (κ2) is 12.1. The number of rotatable bonds is 10. The van der Waals surface area contributed by atoms with Gasteiger partial charge in [0.15, 0.2) is 6.61 Å². The van der Waals surface area contributed by atoms with Crippen molar-refractivity contribution in [3.63, 3.8) is 0 Å². The van der Waals surface area contributed by atoms with E-state index in [0.717, 1.165) is 45.0 Å². The Morgan fingerprint density at radius 1 is 1.09 bits per heavy atom. The van der Waals surface area contributed by atoms with Crippen LogP contribution >= 0.6 is 0 Å². The normalized spacial score (nSPS) is 13.9. The van der Waals surface area contributed by atoms with Crippen molar-refractivity contribution in [2.24, 2.45) is 0 Å². The predicted octanol–water partition coefficient (Wildman–Crippen LogP) is 2.22. The van der Waals surface area contributed by atoms with Gasteiger partial charge in [-0.05, 0) is 43.3 Å². The van der Waals surface area contributed by atoms with Crippen LogP contribution in [-0.4, -0.2) is 76.8 Å². The van der Waals surface area contributed by atoms with Gasteiger partial charge in [0.1, 0.15) is 5.75 Å². The summed E-state index contributed by atoms with van der Waals surface area (Å²) in [4.78, 5) is 29.4. The molecule has 1 fully saturated rings. The fourth-order valence-corrected chi connectivity index (χ4v) is 3.47. The van der Waals surface area contributed by atoms with Crippen molar-refractivity contribution in [1.29, 1.82) is 0 Å². The molecular weight excluding hydrogens is 408 g/mol. The van der Waals surface area contributed by atoms with Crippen LogP contribution in [0.3, 0.4) is 0 Å². The third kappa shape index (κ3) is 7.25. The van der Waals surface area contributed by atoms with Crippen LogP contribution < -0.4 is 20.3 Å². The summed E-state index contributed by atoms with van der Waals surface area (Å²) in [5.74, 6) is 0.179. The lowest BCUT2D eigenvalue weighted by Crippen LogP contribution is -2.38. The van der Waals surface area contributed by atoms with Gasteiger partial charge in [-0.3, -0.25) is 14.5 Å². The average Bonchev–Trinajstić information content (AvgIpc) is 2.81. The Labute approximate surface area is 189 Å². The molecule has 0 radical (unpaired) electrons. The van der Waals surface area contributed by atoms with Gasteiger partial charge in [0.25, 0.3) is 11.8 Å². The maximum atomic E-state index is 12.9. The predicted molar refractivity (Wildman–Crippen MR) is 126 cm³/mol. The van der Waals surface area contributed by atoms with Crippen LogP contribution in [0.1, 0.15) is 16.8 Å². The van der Waals surface area contributed by atoms with E-state index < -0.39 is 0 Å². The molecule has 2 aromatic rings. The highest BCUT2D eigenvalue weighted by Crippen LogP contribution is 2.23. The third-order valence-corrected chi connectivity index (χ3v) is 5.16. The molecule has 1 aliphatic heterocycles. The van der Waals surface area contributed by atoms with E-state index in [1.165, 1.54) is 0 Å². The minimum atomic E-state index is -0.289. The number of carbonyl (C=O) groups excluding carboxylic acids is 2. The van der Waals surface area contributed by atoms with E-state index in [4.69, 9.17) is 9.47 Å². The highest BCUT2D eigenvalue weighted by Gasteiger charge is 2.15. The van der Waals surface area contributed by atoms with E-state index in [0.29, 0.717) is 23.5 Å². The number of para-hydroxylation sites is 1. The first-order valence-electron chi connectivity index (χ1n) is 10.9. The quantitative estimate of drug-likeness (QED) is 0.552. The lowest BCUT2D eigenvalue weighted by molar-refractivity contribution is -0.118. The molecule has 3 rings (SSSR count). The van der Waals surface area contributed by atoms with Crippen molar-refractivity contribution < 1.29 is 19.1 Å². The number of hydrogen-bond donors (Lipinski definition) is 2. The second-order valence-electron chi connectivity index (χ2n) is 7.84. The van der Waals surface area contributed by atoms with Crippen LogP contribution in [0.25, 0.3) is 0 Å². The second-order valence-corrected chi connectivity index (χ2v) is 7.84.